The van der Waals surface area contributed by atoms with Crippen molar-refractivity contribution in [3.63, 3.8) is 0 Å². The summed E-state index contributed by atoms with van der Waals surface area (Å²) in [5, 5.41) is 2.99. The highest BCUT2D eigenvalue weighted by Crippen LogP contribution is 2.25. The first-order valence-corrected chi connectivity index (χ1v) is 13.0. The number of nitrogens with one attached hydrogen (secondary N) is 1. The van der Waals surface area contributed by atoms with E-state index >= 15 is 0 Å². The Morgan fingerprint density at radius 3 is 2.73 bits per heavy atom. The Kier molecular flexibility index (Phi) is 8.83. The molecule has 10 nitrogen and oxygen atoms in total. The Morgan fingerprint density at radius 2 is 2.03 bits per heavy atom. The van der Waals surface area contributed by atoms with E-state index in [9.17, 15) is 14.0 Å². The van der Waals surface area contributed by atoms with E-state index in [0.29, 0.717) is 12.4 Å². The number of morpholine rings is 1. The van der Waals surface area contributed by atoms with E-state index in [1.165, 1.54) is 23.8 Å². The number of aromatic nitrogens is 4. The van der Waals surface area contributed by atoms with Crippen molar-refractivity contribution < 1.29 is 18.7 Å². The molecule has 12 heteroatoms. The third kappa shape index (κ3) is 6.68. The Bertz CT molecular complexity index is 1320. The molecule has 0 atom stereocenters. The molecule has 1 aliphatic heterocycles. The number of rotatable bonds is 9. The molecule has 198 valence electrons. The zero-order valence-corrected chi connectivity index (χ0v) is 22.7. The smallest absolute Gasteiger partial charge is 0.263 e. The SMILES string of the molecule is Cc1nc(-c2nc3ncc(OCCCN4CCOCC4)cc3c(=O)n2CC(=O)NC(C)C)cc(Br)c1F. The van der Waals surface area contributed by atoms with Crippen molar-refractivity contribution in [2.24, 2.45) is 0 Å². The molecule has 1 saturated heterocycles. The van der Waals surface area contributed by atoms with Crippen LogP contribution in [0.2, 0.25) is 0 Å². The minimum atomic E-state index is -0.510. The summed E-state index contributed by atoms with van der Waals surface area (Å²) >= 11 is 3.18. The average molecular weight is 577 g/mol. The van der Waals surface area contributed by atoms with E-state index in [4.69, 9.17) is 9.47 Å². The van der Waals surface area contributed by atoms with Gasteiger partial charge < -0.3 is 14.8 Å². The molecule has 3 aromatic heterocycles. The van der Waals surface area contributed by atoms with Crippen LogP contribution in [0.15, 0.2) is 27.6 Å². The third-order valence-corrected chi connectivity index (χ3v) is 6.41. The van der Waals surface area contributed by atoms with Crippen LogP contribution in [-0.2, 0) is 16.1 Å². The topological polar surface area (TPSA) is 111 Å². The van der Waals surface area contributed by atoms with Crippen molar-refractivity contribution in [3.05, 3.63) is 44.7 Å². The Balaban J connectivity index is 1.64. The van der Waals surface area contributed by atoms with Crippen LogP contribution in [0.1, 0.15) is 26.0 Å². The average Bonchev–Trinajstić information content (AvgIpc) is 2.86. The zero-order valence-electron chi connectivity index (χ0n) is 21.1. The largest absolute Gasteiger partial charge is 0.492 e. The second-order valence-corrected chi connectivity index (χ2v) is 9.99. The Hall–Kier alpha value is -2.96. The lowest BCUT2D eigenvalue weighted by molar-refractivity contribution is -0.122. The number of nitrogens with zero attached hydrogens (tertiary/aromatic N) is 5. The van der Waals surface area contributed by atoms with Crippen LogP contribution >= 0.6 is 15.9 Å². The monoisotopic (exact) mass is 576 g/mol. The van der Waals surface area contributed by atoms with E-state index < -0.39 is 11.4 Å². The molecule has 0 aromatic carbocycles. The predicted molar refractivity (Wildman–Crippen MR) is 140 cm³/mol. The number of hydrogen-bond acceptors (Lipinski definition) is 8. The first kappa shape index (κ1) is 27.1. The second kappa shape index (κ2) is 12.1. The van der Waals surface area contributed by atoms with Crippen molar-refractivity contribution in [2.45, 2.75) is 39.8 Å². The van der Waals surface area contributed by atoms with Crippen LogP contribution in [0.3, 0.4) is 0 Å². The van der Waals surface area contributed by atoms with Gasteiger partial charge in [-0.3, -0.25) is 19.1 Å². The summed E-state index contributed by atoms with van der Waals surface area (Å²) in [5.41, 5.74) is 0.0872. The molecule has 0 unspecified atom stereocenters. The molecule has 4 rings (SSSR count). The van der Waals surface area contributed by atoms with Gasteiger partial charge in [0.15, 0.2) is 17.3 Å². The van der Waals surface area contributed by atoms with E-state index in [1.54, 1.807) is 6.07 Å². The van der Waals surface area contributed by atoms with Gasteiger partial charge in [0.2, 0.25) is 5.91 Å². The molecule has 1 amide bonds. The highest BCUT2D eigenvalue weighted by molar-refractivity contribution is 9.10. The molecule has 0 aliphatic carbocycles. The molecular formula is C25H30BrFN6O4. The standard InChI is InChI=1S/C25H30BrFN6O4/c1-15(2)29-21(34)14-33-24(20-12-19(26)22(27)16(3)30-20)31-23-18(25(33)35)11-17(13-28-23)37-8-4-5-32-6-9-36-10-7-32/h11-13,15H,4-10,14H2,1-3H3,(H,29,34). The first-order chi connectivity index (χ1) is 17.7. The van der Waals surface area contributed by atoms with Gasteiger partial charge in [-0.1, -0.05) is 0 Å². The molecule has 0 radical (unpaired) electrons. The fraction of sp³-hybridized carbons (Fsp3) is 0.480. The number of carbonyl (C=O) groups excluding carboxylic acids is 1. The summed E-state index contributed by atoms with van der Waals surface area (Å²) < 4.78 is 26.8. The summed E-state index contributed by atoms with van der Waals surface area (Å²) in [6.07, 6.45) is 2.33. The first-order valence-electron chi connectivity index (χ1n) is 12.2. The zero-order chi connectivity index (χ0) is 26.5. The summed E-state index contributed by atoms with van der Waals surface area (Å²) in [4.78, 5) is 41.7. The lowest BCUT2D eigenvalue weighted by Crippen LogP contribution is -2.37. The third-order valence-electron chi connectivity index (χ3n) is 5.84. The van der Waals surface area contributed by atoms with Gasteiger partial charge in [-0.15, -0.1) is 0 Å². The highest BCUT2D eigenvalue weighted by atomic mass is 79.9. The normalized spacial score (nSPS) is 14.3. The van der Waals surface area contributed by atoms with Gasteiger partial charge >= 0.3 is 0 Å². The van der Waals surface area contributed by atoms with E-state index in [2.05, 4.69) is 41.1 Å². The molecule has 1 N–H and O–H groups in total. The summed E-state index contributed by atoms with van der Waals surface area (Å²) in [5.74, 6) is -0.310. The number of fused-ring (bicyclic) bond motifs is 1. The maximum absolute atomic E-state index is 14.2. The molecule has 37 heavy (non-hydrogen) atoms. The number of ether oxygens (including phenoxy) is 2. The molecule has 3 aromatic rings. The maximum Gasteiger partial charge on any atom is 0.263 e. The lowest BCUT2D eigenvalue weighted by atomic mass is 10.2. The van der Waals surface area contributed by atoms with Gasteiger partial charge in [-0.2, -0.15) is 0 Å². The van der Waals surface area contributed by atoms with Crippen LogP contribution in [0.25, 0.3) is 22.6 Å². The van der Waals surface area contributed by atoms with Crippen LogP contribution in [0.5, 0.6) is 5.75 Å². The van der Waals surface area contributed by atoms with Gasteiger partial charge in [0.05, 0.1) is 41.6 Å². The maximum atomic E-state index is 14.2. The number of amides is 1. The van der Waals surface area contributed by atoms with Crippen LogP contribution in [0.4, 0.5) is 4.39 Å². The van der Waals surface area contributed by atoms with E-state index in [0.717, 1.165) is 39.3 Å². The minimum absolute atomic E-state index is 0.112. The number of hydrogen-bond donors (Lipinski definition) is 1. The lowest BCUT2D eigenvalue weighted by Gasteiger charge is -2.26. The molecule has 0 bridgehead atoms. The van der Waals surface area contributed by atoms with Crippen molar-refractivity contribution in [1.29, 1.82) is 0 Å². The predicted octanol–water partition coefficient (Wildman–Crippen LogP) is 2.69. The Labute approximate surface area is 222 Å². The fourth-order valence-corrected chi connectivity index (χ4v) is 4.56. The molecule has 1 aliphatic rings. The second-order valence-electron chi connectivity index (χ2n) is 9.14. The van der Waals surface area contributed by atoms with Gasteiger partial charge in [-0.25, -0.2) is 19.3 Å². The van der Waals surface area contributed by atoms with Gasteiger partial charge in [-0.05, 0) is 55.3 Å². The van der Waals surface area contributed by atoms with Crippen LogP contribution in [0, 0.1) is 12.7 Å². The molecular weight excluding hydrogens is 547 g/mol. The Morgan fingerprint density at radius 1 is 1.27 bits per heavy atom. The number of carbonyl (C=O) groups is 1. The van der Waals surface area contributed by atoms with Crippen molar-refractivity contribution in [2.75, 3.05) is 39.5 Å². The molecule has 1 fully saturated rings. The van der Waals surface area contributed by atoms with Gasteiger partial charge in [0.25, 0.3) is 5.56 Å². The summed E-state index contributed by atoms with van der Waals surface area (Å²) in [7, 11) is 0. The highest BCUT2D eigenvalue weighted by Gasteiger charge is 2.20. The summed E-state index contributed by atoms with van der Waals surface area (Å²) in [6, 6.07) is 2.91. The van der Waals surface area contributed by atoms with Crippen molar-refractivity contribution in [3.8, 4) is 17.3 Å². The van der Waals surface area contributed by atoms with Crippen molar-refractivity contribution in [1.82, 2.24) is 29.7 Å². The number of pyridine rings is 2. The van der Waals surface area contributed by atoms with Crippen LogP contribution in [-0.4, -0.2) is 75.8 Å². The minimum Gasteiger partial charge on any atom is -0.492 e. The van der Waals surface area contributed by atoms with E-state index in [-0.39, 0.29) is 51.2 Å². The molecule has 4 heterocycles. The number of halogens is 2. The van der Waals surface area contributed by atoms with Crippen LogP contribution < -0.4 is 15.6 Å². The number of aryl methyl sites for hydroxylation is 1. The van der Waals surface area contributed by atoms with E-state index in [1.807, 2.05) is 13.8 Å². The van der Waals surface area contributed by atoms with Crippen molar-refractivity contribution >= 4 is 32.9 Å². The quantitative estimate of drug-likeness (QED) is 0.387. The molecule has 0 spiro atoms. The van der Waals surface area contributed by atoms with Gasteiger partial charge in [0, 0.05) is 25.7 Å². The molecule has 0 saturated carbocycles. The summed E-state index contributed by atoms with van der Waals surface area (Å²) in [6.45, 7) is 9.56. The fourth-order valence-electron chi connectivity index (χ4n) is 4.06. The van der Waals surface area contributed by atoms with Gasteiger partial charge in [0.1, 0.15) is 18.0 Å².